The normalized spacial score (nSPS) is 11.4. The molecule has 1 heterocycles. The van der Waals surface area contributed by atoms with Gasteiger partial charge in [0.25, 0.3) is 0 Å². The molecule has 0 bridgehead atoms. The molecule has 2 rings (SSSR count). The highest BCUT2D eigenvalue weighted by molar-refractivity contribution is 6.33. The lowest BCUT2D eigenvalue weighted by molar-refractivity contribution is -0.116. The van der Waals surface area contributed by atoms with Crippen LogP contribution >= 0.6 is 11.6 Å². The molecule has 0 fully saturated rings. The molecule has 0 radical (unpaired) electrons. The molecule has 0 unspecified atom stereocenters. The van der Waals surface area contributed by atoms with Gasteiger partial charge in [-0.2, -0.15) is 0 Å². The van der Waals surface area contributed by atoms with E-state index in [1.807, 2.05) is 0 Å². The number of hydrogen-bond donors (Lipinski definition) is 2. The van der Waals surface area contributed by atoms with E-state index in [0.717, 1.165) is 0 Å². The number of nitrogens with zero attached hydrogens (tertiary/aromatic N) is 3. The maximum absolute atomic E-state index is 11.9. The molecule has 0 atom stereocenters. The Kier molecular flexibility index (Phi) is 4.59. The van der Waals surface area contributed by atoms with Crippen molar-refractivity contribution in [2.24, 2.45) is 0 Å². The lowest BCUT2D eigenvalue weighted by Crippen LogP contribution is -2.16. The molecule has 0 aliphatic rings. The second-order valence-corrected chi connectivity index (χ2v) is 5.61. The molecule has 2 aromatic rings. The van der Waals surface area contributed by atoms with Gasteiger partial charge in [0.1, 0.15) is 11.3 Å². The van der Waals surface area contributed by atoms with Crippen LogP contribution in [-0.2, 0) is 16.9 Å². The van der Waals surface area contributed by atoms with Gasteiger partial charge in [0.05, 0.1) is 23.5 Å². The third-order valence-corrected chi connectivity index (χ3v) is 3.21. The Balaban J connectivity index is 1.90. The van der Waals surface area contributed by atoms with Crippen LogP contribution in [0.3, 0.4) is 0 Å². The molecule has 0 aliphatic carbocycles. The quantitative estimate of drug-likeness (QED) is 0.887. The first-order valence-corrected chi connectivity index (χ1v) is 6.91. The van der Waals surface area contributed by atoms with E-state index in [1.54, 1.807) is 44.3 Å². The Morgan fingerprint density at radius 2 is 2.14 bits per heavy atom. The van der Waals surface area contributed by atoms with Crippen LogP contribution in [0.2, 0.25) is 5.02 Å². The maximum Gasteiger partial charge on any atom is 0.226 e. The molecular weight excluding hydrogens is 292 g/mol. The monoisotopic (exact) mass is 308 g/mol. The Morgan fingerprint density at radius 3 is 2.76 bits per heavy atom. The summed E-state index contributed by atoms with van der Waals surface area (Å²) in [6, 6.07) is 7.05. The number of hydrogen-bond acceptors (Lipinski definition) is 4. The largest absolute Gasteiger partial charge is 0.384 e. The zero-order chi connectivity index (χ0) is 15.5. The number of nitrogens with one attached hydrogen (secondary N) is 1. The molecule has 112 valence electrons. The average molecular weight is 309 g/mol. The number of benzene rings is 1. The van der Waals surface area contributed by atoms with Crippen molar-refractivity contribution in [2.45, 2.75) is 32.4 Å². The van der Waals surface area contributed by atoms with Gasteiger partial charge >= 0.3 is 0 Å². The van der Waals surface area contributed by atoms with Gasteiger partial charge in [-0.05, 0) is 26.0 Å². The minimum absolute atomic E-state index is 0.164. The number of aryl methyl sites for hydroxylation is 1. The van der Waals surface area contributed by atoms with Crippen molar-refractivity contribution in [3.05, 3.63) is 41.2 Å². The fourth-order valence-electron chi connectivity index (χ4n) is 1.68. The average Bonchev–Trinajstić information content (AvgIpc) is 2.88. The summed E-state index contributed by atoms with van der Waals surface area (Å²) in [6.07, 6.45) is 1.86. The van der Waals surface area contributed by atoms with Crippen LogP contribution in [0, 0.1) is 0 Å². The molecule has 0 saturated heterocycles. The summed E-state index contributed by atoms with van der Waals surface area (Å²) in [7, 11) is 0. The van der Waals surface area contributed by atoms with E-state index in [9.17, 15) is 9.90 Å². The predicted octanol–water partition coefficient (Wildman–Crippen LogP) is 2.19. The SMILES string of the molecule is CC(C)(O)c1cn(CCC(=O)Nc2ccccc2Cl)nn1. The van der Waals surface area contributed by atoms with Crippen LogP contribution in [0.4, 0.5) is 5.69 Å². The van der Waals surface area contributed by atoms with Crippen molar-refractivity contribution >= 4 is 23.2 Å². The van der Waals surface area contributed by atoms with Gasteiger partial charge in [0.2, 0.25) is 5.91 Å². The van der Waals surface area contributed by atoms with E-state index in [2.05, 4.69) is 15.6 Å². The number of amides is 1. The number of para-hydroxylation sites is 1. The van der Waals surface area contributed by atoms with Crippen LogP contribution in [0.15, 0.2) is 30.5 Å². The van der Waals surface area contributed by atoms with Crippen molar-refractivity contribution in [3.63, 3.8) is 0 Å². The molecule has 21 heavy (non-hydrogen) atoms. The summed E-state index contributed by atoms with van der Waals surface area (Å²) < 4.78 is 1.53. The number of anilines is 1. The first-order chi connectivity index (χ1) is 9.86. The number of carbonyl (C=O) groups is 1. The van der Waals surface area contributed by atoms with Crippen LogP contribution in [-0.4, -0.2) is 26.0 Å². The Morgan fingerprint density at radius 1 is 1.43 bits per heavy atom. The lowest BCUT2D eigenvalue weighted by atomic mass is 10.1. The smallest absolute Gasteiger partial charge is 0.226 e. The second-order valence-electron chi connectivity index (χ2n) is 5.20. The number of carbonyl (C=O) groups excluding carboxylic acids is 1. The van der Waals surface area contributed by atoms with Crippen molar-refractivity contribution in [2.75, 3.05) is 5.32 Å². The summed E-state index contributed by atoms with van der Waals surface area (Å²) >= 11 is 5.97. The van der Waals surface area contributed by atoms with Crippen molar-refractivity contribution in [3.8, 4) is 0 Å². The van der Waals surface area contributed by atoms with Gasteiger partial charge in [0, 0.05) is 6.42 Å². The minimum atomic E-state index is -1.04. The highest BCUT2D eigenvalue weighted by Gasteiger charge is 2.20. The molecule has 7 heteroatoms. The number of aromatic nitrogens is 3. The first-order valence-electron chi connectivity index (χ1n) is 6.53. The molecule has 0 aliphatic heterocycles. The predicted molar refractivity (Wildman–Crippen MR) is 80.0 cm³/mol. The molecule has 0 spiro atoms. The Labute approximate surface area is 127 Å². The van der Waals surface area contributed by atoms with E-state index in [4.69, 9.17) is 11.6 Å². The maximum atomic E-state index is 11.9. The van der Waals surface area contributed by atoms with Gasteiger partial charge in [0.15, 0.2) is 0 Å². The molecule has 6 nitrogen and oxygen atoms in total. The zero-order valence-corrected chi connectivity index (χ0v) is 12.6. The third-order valence-electron chi connectivity index (χ3n) is 2.88. The van der Waals surface area contributed by atoms with E-state index < -0.39 is 5.60 Å². The van der Waals surface area contributed by atoms with Crippen LogP contribution in [0.5, 0.6) is 0 Å². The first kappa shape index (κ1) is 15.5. The van der Waals surface area contributed by atoms with Gasteiger partial charge in [-0.1, -0.05) is 28.9 Å². The third kappa shape index (κ3) is 4.27. The number of halogens is 1. The standard InChI is InChI=1S/C14H17ClN4O2/c1-14(2,21)12-9-19(18-17-12)8-7-13(20)16-11-6-4-3-5-10(11)15/h3-6,9,21H,7-8H2,1-2H3,(H,16,20). The highest BCUT2D eigenvalue weighted by atomic mass is 35.5. The molecule has 1 amide bonds. The summed E-state index contributed by atoms with van der Waals surface area (Å²) in [6.45, 7) is 3.64. The van der Waals surface area contributed by atoms with Crippen LogP contribution in [0.1, 0.15) is 26.0 Å². The lowest BCUT2D eigenvalue weighted by Gasteiger charge is -2.11. The molecular formula is C14H17ClN4O2. The number of aliphatic hydroxyl groups is 1. The van der Waals surface area contributed by atoms with Gasteiger partial charge in [-0.25, -0.2) is 0 Å². The van der Waals surface area contributed by atoms with Crippen molar-refractivity contribution in [1.82, 2.24) is 15.0 Å². The van der Waals surface area contributed by atoms with E-state index >= 15 is 0 Å². The zero-order valence-electron chi connectivity index (χ0n) is 11.9. The van der Waals surface area contributed by atoms with Crippen LogP contribution in [0.25, 0.3) is 0 Å². The van der Waals surface area contributed by atoms with E-state index in [-0.39, 0.29) is 12.3 Å². The van der Waals surface area contributed by atoms with Gasteiger partial charge in [-0.15, -0.1) is 5.10 Å². The fourth-order valence-corrected chi connectivity index (χ4v) is 1.86. The Hall–Kier alpha value is -1.92. The highest BCUT2D eigenvalue weighted by Crippen LogP contribution is 2.20. The topological polar surface area (TPSA) is 80.0 Å². The molecule has 1 aromatic heterocycles. The molecule has 1 aromatic carbocycles. The summed E-state index contributed by atoms with van der Waals surface area (Å²) in [5.41, 5.74) is 0.00637. The molecule has 0 saturated carbocycles. The fraction of sp³-hybridized carbons (Fsp3) is 0.357. The minimum Gasteiger partial charge on any atom is -0.384 e. The van der Waals surface area contributed by atoms with Crippen LogP contribution < -0.4 is 5.32 Å². The number of rotatable bonds is 5. The molecule has 2 N–H and O–H groups in total. The van der Waals surface area contributed by atoms with Crippen molar-refractivity contribution < 1.29 is 9.90 Å². The van der Waals surface area contributed by atoms with E-state index in [1.165, 1.54) is 4.68 Å². The Bertz CT molecular complexity index is 634. The second kappa shape index (κ2) is 6.24. The van der Waals surface area contributed by atoms with Crippen molar-refractivity contribution in [1.29, 1.82) is 0 Å². The summed E-state index contributed by atoms with van der Waals surface area (Å²) in [5.74, 6) is -0.164. The van der Waals surface area contributed by atoms with Gasteiger partial charge < -0.3 is 10.4 Å². The van der Waals surface area contributed by atoms with Gasteiger partial charge in [-0.3, -0.25) is 9.48 Å². The summed E-state index contributed by atoms with van der Waals surface area (Å²) in [4.78, 5) is 11.9. The summed E-state index contributed by atoms with van der Waals surface area (Å²) in [5, 5.41) is 20.8. The van der Waals surface area contributed by atoms with E-state index in [0.29, 0.717) is 22.9 Å².